The summed E-state index contributed by atoms with van der Waals surface area (Å²) in [5.74, 6) is -1.12. The molecule has 0 unspecified atom stereocenters. The van der Waals surface area contributed by atoms with Crippen molar-refractivity contribution < 1.29 is 14.0 Å². The van der Waals surface area contributed by atoms with Gasteiger partial charge in [-0.3, -0.25) is 9.59 Å². The summed E-state index contributed by atoms with van der Waals surface area (Å²) in [7, 11) is 0. The second-order valence-corrected chi connectivity index (χ2v) is 2.92. The van der Waals surface area contributed by atoms with Crippen LogP contribution in [0.15, 0.2) is 12.1 Å². The number of carbonyl (C=O) groups is 2. The minimum Gasteiger partial charge on any atom is -0.298 e. The number of carbonyl (C=O) groups excluding carboxylic acids is 2. The lowest BCUT2D eigenvalue weighted by molar-refractivity contribution is 0.101. The summed E-state index contributed by atoms with van der Waals surface area (Å²) in [6.07, 6.45) is 0.464. The van der Waals surface area contributed by atoms with E-state index in [1.807, 2.05) is 0 Å². The standard InChI is InChI=1S/C9H6ClFO2/c1-5(13)7-2-6(4-12)3-8(11)9(7)10/h2-4H,1H3. The second-order valence-electron chi connectivity index (χ2n) is 2.54. The first-order valence-corrected chi connectivity index (χ1v) is 3.89. The van der Waals surface area contributed by atoms with Crippen molar-refractivity contribution in [2.45, 2.75) is 6.92 Å². The Morgan fingerprint density at radius 3 is 2.62 bits per heavy atom. The topological polar surface area (TPSA) is 34.1 Å². The highest BCUT2D eigenvalue weighted by Crippen LogP contribution is 2.21. The third-order valence-electron chi connectivity index (χ3n) is 1.57. The molecule has 0 radical (unpaired) electrons. The quantitative estimate of drug-likeness (QED) is 0.543. The zero-order valence-electron chi connectivity index (χ0n) is 6.80. The molecule has 1 aromatic carbocycles. The molecule has 2 nitrogen and oxygen atoms in total. The number of aldehydes is 1. The molecule has 0 amide bonds. The van der Waals surface area contributed by atoms with Crippen LogP contribution in [0.25, 0.3) is 0 Å². The van der Waals surface area contributed by atoms with Crippen molar-refractivity contribution in [3.05, 3.63) is 34.1 Å². The van der Waals surface area contributed by atoms with Gasteiger partial charge < -0.3 is 0 Å². The van der Waals surface area contributed by atoms with Gasteiger partial charge in [-0.25, -0.2) is 4.39 Å². The molecule has 4 heteroatoms. The fourth-order valence-corrected chi connectivity index (χ4v) is 1.18. The smallest absolute Gasteiger partial charge is 0.161 e. The maximum Gasteiger partial charge on any atom is 0.161 e. The van der Waals surface area contributed by atoms with Crippen LogP contribution in [0.1, 0.15) is 27.6 Å². The molecule has 0 fully saturated rings. The zero-order chi connectivity index (χ0) is 10.0. The van der Waals surface area contributed by atoms with Crippen LogP contribution in [0.5, 0.6) is 0 Å². The van der Waals surface area contributed by atoms with E-state index in [1.54, 1.807) is 0 Å². The molecule has 1 rings (SSSR count). The molecule has 0 spiro atoms. The number of Topliss-reactive ketones (excluding diaryl/α,β-unsaturated/α-hetero) is 1. The molecule has 0 aliphatic rings. The summed E-state index contributed by atoms with van der Waals surface area (Å²) < 4.78 is 12.9. The van der Waals surface area contributed by atoms with Gasteiger partial charge in [-0.05, 0) is 19.1 Å². The summed E-state index contributed by atoms with van der Waals surface area (Å²) in [6, 6.07) is 2.25. The lowest BCUT2D eigenvalue weighted by atomic mass is 10.1. The van der Waals surface area contributed by atoms with Gasteiger partial charge in [-0.1, -0.05) is 11.6 Å². The van der Waals surface area contributed by atoms with Gasteiger partial charge in [0.05, 0.1) is 5.02 Å². The Kier molecular flexibility index (Phi) is 2.78. The average Bonchev–Trinajstić information content (AvgIpc) is 2.09. The Balaban J connectivity index is 3.41. The van der Waals surface area contributed by atoms with Crippen LogP contribution in [-0.2, 0) is 0 Å². The molecule has 0 aromatic heterocycles. The average molecular weight is 201 g/mol. The van der Waals surface area contributed by atoms with Gasteiger partial charge in [0.2, 0.25) is 0 Å². The minimum atomic E-state index is -0.753. The van der Waals surface area contributed by atoms with Gasteiger partial charge in [0.15, 0.2) is 5.78 Å². The van der Waals surface area contributed by atoms with E-state index in [4.69, 9.17) is 11.6 Å². The van der Waals surface area contributed by atoms with Gasteiger partial charge in [-0.2, -0.15) is 0 Å². The molecule has 0 bridgehead atoms. The molecular formula is C9H6ClFO2. The highest BCUT2D eigenvalue weighted by molar-refractivity contribution is 6.34. The molecule has 0 aliphatic carbocycles. The Labute approximate surface area is 79.3 Å². The number of hydrogen-bond acceptors (Lipinski definition) is 2. The van der Waals surface area contributed by atoms with Crippen LogP contribution in [0.4, 0.5) is 4.39 Å². The van der Waals surface area contributed by atoms with E-state index in [-0.39, 0.29) is 21.9 Å². The van der Waals surface area contributed by atoms with Crippen LogP contribution in [0.2, 0.25) is 5.02 Å². The number of rotatable bonds is 2. The monoisotopic (exact) mass is 200 g/mol. The minimum absolute atomic E-state index is 0.0313. The van der Waals surface area contributed by atoms with Crippen LogP contribution >= 0.6 is 11.6 Å². The summed E-state index contributed by atoms with van der Waals surface area (Å²) in [4.78, 5) is 21.2. The highest BCUT2D eigenvalue weighted by atomic mass is 35.5. The molecule has 68 valence electrons. The molecule has 1 aromatic rings. The van der Waals surface area contributed by atoms with Crippen molar-refractivity contribution >= 4 is 23.7 Å². The normalized spacial score (nSPS) is 9.77. The number of hydrogen-bond donors (Lipinski definition) is 0. The van der Waals surface area contributed by atoms with E-state index in [0.29, 0.717) is 6.29 Å². The molecule has 0 saturated heterocycles. The summed E-state index contributed by atoms with van der Waals surface area (Å²) in [5, 5.41) is -0.238. The van der Waals surface area contributed by atoms with Crippen molar-refractivity contribution in [3.63, 3.8) is 0 Å². The first-order valence-electron chi connectivity index (χ1n) is 3.51. The largest absolute Gasteiger partial charge is 0.298 e. The third-order valence-corrected chi connectivity index (χ3v) is 1.95. The van der Waals surface area contributed by atoms with Crippen molar-refractivity contribution in [2.24, 2.45) is 0 Å². The molecule has 13 heavy (non-hydrogen) atoms. The van der Waals surface area contributed by atoms with E-state index in [2.05, 4.69) is 0 Å². The SMILES string of the molecule is CC(=O)c1cc(C=O)cc(F)c1Cl. The fourth-order valence-electron chi connectivity index (χ4n) is 0.934. The van der Waals surface area contributed by atoms with E-state index in [0.717, 1.165) is 6.07 Å². The van der Waals surface area contributed by atoms with Crippen molar-refractivity contribution in [1.82, 2.24) is 0 Å². The predicted octanol–water partition coefficient (Wildman–Crippen LogP) is 2.49. The second kappa shape index (κ2) is 3.66. The first kappa shape index (κ1) is 9.86. The van der Waals surface area contributed by atoms with E-state index < -0.39 is 5.82 Å². The van der Waals surface area contributed by atoms with Crippen molar-refractivity contribution in [2.75, 3.05) is 0 Å². The van der Waals surface area contributed by atoms with Crippen LogP contribution in [0, 0.1) is 5.82 Å². The van der Waals surface area contributed by atoms with Crippen molar-refractivity contribution in [1.29, 1.82) is 0 Å². The maximum atomic E-state index is 12.9. The van der Waals surface area contributed by atoms with E-state index in [1.165, 1.54) is 13.0 Å². The van der Waals surface area contributed by atoms with Crippen LogP contribution in [0.3, 0.4) is 0 Å². The van der Waals surface area contributed by atoms with Crippen molar-refractivity contribution in [3.8, 4) is 0 Å². The van der Waals surface area contributed by atoms with Gasteiger partial charge in [-0.15, -0.1) is 0 Å². The third kappa shape index (κ3) is 1.92. The first-order chi connectivity index (χ1) is 6.06. The molecule has 0 aliphatic heterocycles. The van der Waals surface area contributed by atoms with Gasteiger partial charge >= 0.3 is 0 Å². The molecule has 0 saturated carbocycles. The number of benzene rings is 1. The summed E-state index contributed by atoms with van der Waals surface area (Å²) in [6.45, 7) is 1.26. The van der Waals surface area contributed by atoms with E-state index >= 15 is 0 Å². The number of ketones is 1. The lowest BCUT2D eigenvalue weighted by Gasteiger charge is -2.01. The summed E-state index contributed by atoms with van der Waals surface area (Å²) in [5.41, 5.74) is 0.135. The Morgan fingerprint density at radius 2 is 2.15 bits per heavy atom. The maximum absolute atomic E-state index is 12.9. The lowest BCUT2D eigenvalue weighted by Crippen LogP contribution is -1.98. The number of halogens is 2. The summed E-state index contributed by atoms with van der Waals surface area (Å²) >= 11 is 5.51. The molecule has 0 N–H and O–H groups in total. The van der Waals surface area contributed by atoms with Crippen LogP contribution in [-0.4, -0.2) is 12.1 Å². The Morgan fingerprint density at radius 1 is 1.54 bits per heavy atom. The predicted molar refractivity (Wildman–Crippen MR) is 46.8 cm³/mol. The Bertz CT molecular complexity index is 374. The zero-order valence-corrected chi connectivity index (χ0v) is 7.56. The molecular weight excluding hydrogens is 195 g/mol. The van der Waals surface area contributed by atoms with E-state index in [9.17, 15) is 14.0 Å². The van der Waals surface area contributed by atoms with Gasteiger partial charge in [0.1, 0.15) is 12.1 Å². The fraction of sp³-hybridized carbons (Fsp3) is 0.111. The van der Waals surface area contributed by atoms with Gasteiger partial charge in [0, 0.05) is 11.1 Å². The molecule has 0 heterocycles. The Hall–Kier alpha value is -1.22. The highest BCUT2D eigenvalue weighted by Gasteiger charge is 2.11. The molecule has 0 atom stereocenters. The van der Waals surface area contributed by atoms with Crippen LogP contribution < -0.4 is 0 Å². The van der Waals surface area contributed by atoms with Gasteiger partial charge in [0.25, 0.3) is 0 Å².